The molecule has 0 aliphatic rings. The molecule has 0 saturated heterocycles. The fourth-order valence-corrected chi connectivity index (χ4v) is 13.2. The highest BCUT2D eigenvalue weighted by Gasteiger charge is 2.36. The molecule has 84 heavy (non-hydrogen) atoms. The first-order valence-electron chi connectivity index (χ1n) is 28.2. The molecule has 7 heteroatoms. The van der Waals surface area contributed by atoms with E-state index >= 15 is 13.2 Å². The van der Waals surface area contributed by atoms with Crippen molar-refractivity contribution in [3.05, 3.63) is 261 Å². The van der Waals surface area contributed by atoms with Crippen LogP contribution in [0.5, 0.6) is 0 Å². The molecule has 0 spiro atoms. The number of hydrogen-bond acceptors (Lipinski definition) is 2. The summed E-state index contributed by atoms with van der Waals surface area (Å²) >= 11 is 0. The minimum absolute atomic E-state index is 0.116. The van der Waals surface area contributed by atoms with Crippen LogP contribution in [0.15, 0.2) is 200 Å². The Kier molecular flexibility index (Phi) is 12.9. The van der Waals surface area contributed by atoms with Gasteiger partial charge in [-0.25, -0.2) is 0 Å². The summed E-state index contributed by atoms with van der Waals surface area (Å²) < 4.78 is 51.9. The van der Waals surface area contributed by atoms with Crippen LogP contribution in [-0.2, 0) is 6.18 Å². The van der Waals surface area contributed by atoms with Crippen LogP contribution < -0.4 is 0 Å². The highest BCUT2D eigenvalue weighted by atomic mass is 19.4. The molecule has 4 nitrogen and oxygen atoms in total. The zero-order valence-electron chi connectivity index (χ0n) is 48.0. The molecule has 11 aromatic carbocycles. The minimum atomic E-state index is -4.86. The molecule has 2 heterocycles. The van der Waals surface area contributed by atoms with Gasteiger partial charge < -0.3 is 9.13 Å². The second kappa shape index (κ2) is 20.3. The lowest BCUT2D eigenvalue weighted by Crippen LogP contribution is -2.09. The van der Waals surface area contributed by atoms with Crippen molar-refractivity contribution < 1.29 is 13.2 Å². The predicted molar refractivity (Wildman–Crippen MR) is 340 cm³/mol. The van der Waals surface area contributed by atoms with Crippen molar-refractivity contribution in [1.82, 2.24) is 9.13 Å². The van der Waals surface area contributed by atoms with Gasteiger partial charge in [0.05, 0.1) is 62.3 Å². The van der Waals surface area contributed by atoms with Crippen molar-refractivity contribution in [2.75, 3.05) is 0 Å². The molecule has 0 bridgehead atoms. The number of hydrogen-bond donors (Lipinski definition) is 0. The van der Waals surface area contributed by atoms with Gasteiger partial charge in [0.15, 0.2) is 0 Å². The molecule has 406 valence electrons. The number of halogens is 3. The van der Waals surface area contributed by atoms with Gasteiger partial charge in [-0.2, -0.15) is 23.7 Å². The van der Waals surface area contributed by atoms with Crippen molar-refractivity contribution in [3.63, 3.8) is 0 Å². The van der Waals surface area contributed by atoms with Gasteiger partial charge in [-0.15, -0.1) is 0 Å². The smallest absolute Gasteiger partial charge is 0.309 e. The van der Waals surface area contributed by atoms with Crippen LogP contribution in [0, 0.1) is 78.1 Å². The van der Waals surface area contributed by atoms with Gasteiger partial charge in [0, 0.05) is 32.7 Å². The van der Waals surface area contributed by atoms with Crippen LogP contribution in [0.1, 0.15) is 61.2 Å². The summed E-state index contributed by atoms with van der Waals surface area (Å²) in [6.07, 6.45) is -4.86. The molecule has 0 radical (unpaired) electrons. The number of nitrogens with zero attached hydrogens (tertiary/aromatic N) is 4. The van der Waals surface area contributed by atoms with Crippen molar-refractivity contribution >= 4 is 43.6 Å². The van der Waals surface area contributed by atoms with Gasteiger partial charge in [0.25, 0.3) is 0 Å². The Bertz CT molecular complexity index is 4790. The maximum Gasteiger partial charge on any atom is 0.417 e. The minimum Gasteiger partial charge on any atom is -0.309 e. The predicted octanol–water partition coefficient (Wildman–Crippen LogP) is 21.1. The molecular weight excluding hydrogens is 1040 g/mol. The van der Waals surface area contributed by atoms with Gasteiger partial charge in [-0.3, -0.25) is 0 Å². The molecule has 13 aromatic rings. The quantitative estimate of drug-likeness (QED) is 0.152. The Labute approximate surface area is 487 Å². The second-order valence-corrected chi connectivity index (χ2v) is 22.8. The first kappa shape index (κ1) is 53.1. The molecule has 0 amide bonds. The summed E-state index contributed by atoms with van der Waals surface area (Å²) in [6, 6.07) is 71.2. The number of rotatable bonds is 8. The summed E-state index contributed by atoms with van der Waals surface area (Å²) in [5, 5.41) is 25.5. The van der Waals surface area contributed by atoms with E-state index in [0.717, 1.165) is 128 Å². The van der Waals surface area contributed by atoms with E-state index in [0.29, 0.717) is 22.5 Å². The zero-order chi connectivity index (χ0) is 58.5. The SMILES string of the molecule is Cc1ccc(-c2ccc3c(c2)c2cc(-c4ccc(C)cc4C)ccc2n3-c2cccc(C#N)c2-c2c(-c3ccc(C#N)cc3C(F)(F)F)cccc2-n2c3ccc(-c4ccc(C)cc4C)cc3c3cc(-c4ccc(C)cc4C)ccc32)c(C)c1. The molecule has 2 aromatic heterocycles. The average molecular weight is 1100 g/mol. The van der Waals surface area contributed by atoms with E-state index < -0.39 is 11.7 Å². The van der Waals surface area contributed by atoms with Crippen LogP contribution >= 0.6 is 0 Å². The molecular formula is C77H57F3N4. The number of fused-ring (bicyclic) bond motifs is 6. The number of benzene rings is 11. The Morgan fingerprint density at radius 2 is 0.690 bits per heavy atom. The Hall–Kier alpha value is -10.2. The summed E-state index contributed by atoms with van der Waals surface area (Å²) in [5.41, 5.74) is 22.6. The molecule has 0 aliphatic heterocycles. The number of aryl methyl sites for hydroxylation is 8. The first-order chi connectivity index (χ1) is 40.5. The lowest BCUT2D eigenvalue weighted by atomic mass is 9.86. The van der Waals surface area contributed by atoms with Crippen LogP contribution in [0.4, 0.5) is 13.2 Å². The van der Waals surface area contributed by atoms with E-state index in [1.54, 1.807) is 18.2 Å². The maximum atomic E-state index is 15.9. The monoisotopic (exact) mass is 1090 g/mol. The Morgan fingerprint density at radius 1 is 0.333 bits per heavy atom. The number of aromatic nitrogens is 2. The van der Waals surface area contributed by atoms with E-state index in [9.17, 15) is 10.5 Å². The van der Waals surface area contributed by atoms with Crippen LogP contribution in [0.2, 0.25) is 0 Å². The zero-order valence-corrected chi connectivity index (χ0v) is 48.0. The number of nitriles is 2. The third-order valence-corrected chi connectivity index (χ3v) is 17.0. The average Bonchev–Trinajstić information content (AvgIpc) is 1.85. The van der Waals surface area contributed by atoms with Gasteiger partial charge in [0.1, 0.15) is 0 Å². The Balaban J connectivity index is 1.17. The highest BCUT2D eigenvalue weighted by Crippen LogP contribution is 2.50. The normalized spacial score (nSPS) is 11.7. The molecule has 0 unspecified atom stereocenters. The maximum absolute atomic E-state index is 15.9. The molecule has 0 atom stereocenters. The summed E-state index contributed by atoms with van der Waals surface area (Å²) in [7, 11) is 0. The van der Waals surface area contributed by atoms with Crippen molar-refractivity contribution in [2.45, 2.75) is 61.6 Å². The fourth-order valence-electron chi connectivity index (χ4n) is 13.2. The van der Waals surface area contributed by atoms with Crippen LogP contribution in [-0.4, -0.2) is 9.13 Å². The second-order valence-electron chi connectivity index (χ2n) is 22.8. The van der Waals surface area contributed by atoms with E-state index in [-0.39, 0.29) is 22.3 Å². The molecule has 0 saturated carbocycles. The standard InChI is InChI=1S/C77H57F3N4/c1-44-15-24-58(48(5)33-44)53-20-29-69-64(38-53)65-39-54(59-25-16-45(2)34-49(59)6)21-30-70(65)83(69)73-13-9-11-57(43-82)75(73)76-63(62-28-19-52(42-81)37-68(62)77(78,79)80)12-10-14-74(76)84-71-31-22-55(60-26-17-46(3)35-50(60)7)40-66(71)67-41-56(23-32-72(67)84)61-27-18-47(4)36-51(61)8/h9-41H,1-8H3. The van der Waals surface area contributed by atoms with Gasteiger partial charge >= 0.3 is 6.18 Å². The highest BCUT2D eigenvalue weighted by molar-refractivity contribution is 6.15. The molecule has 0 fully saturated rings. The molecule has 0 N–H and O–H groups in total. The fraction of sp³-hybridized carbons (Fsp3) is 0.117. The van der Waals surface area contributed by atoms with Crippen molar-refractivity contribution in [1.29, 1.82) is 10.5 Å². The molecule has 13 rings (SSSR count). The van der Waals surface area contributed by atoms with E-state index in [1.807, 2.05) is 24.3 Å². The summed E-state index contributed by atoms with van der Waals surface area (Å²) in [5.74, 6) is 0. The van der Waals surface area contributed by atoms with E-state index in [2.05, 4.69) is 216 Å². The summed E-state index contributed by atoms with van der Waals surface area (Å²) in [4.78, 5) is 0. The lowest BCUT2D eigenvalue weighted by molar-refractivity contribution is -0.137. The Morgan fingerprint density at radius 3 is 1.04 bits per heavy atom. The molecule has 0 aliphatic carbocycles. The van der Waals surface area contributed by atoms with Crippen LogP contribution in [0.3, 0.4) is 0 Å². The topological polar surface area (TPSA) is 57.4 Å². The van der Waals surface area contributed by atoms with Gasteiger partial charge in [0.2, 0.25) is 0 Å². The first-order valence-corrected chi connectivity index (χ1v) is 28.2. The lowest BCUT2D eigenvalue weighted by Gasteiger charge is -2.24. The van der Waals surface area contributed by atoms with Crippen molar-refractivity contribution in [3.8, 4) is 90.3 Å². The summed E-state index contributed by atoms with van der Waals surface area (Å²) in [6.45, 7) is 16.9. The third-order valence-electron chi connectivity index (χ3n) is 17.0. The van der Waals surface area contributed by atoms with Gasteiger partial charge in [-0.1, -0.05) is 144 Å². The van der Waals surface area contributed by atoms with E-state index in [1.165, 1.54) is 23.3 Å². The number of alkyl halides is 3. The van der Waals surface area contributed by atoms with E-state index in [4.69, 9.17) is 0 Å². The van der Waals surface area contributed by atoms with Crippen LogP contribution in [0.25, 0.3) is 122 Å². The largest absolute Gasteiger partial charge is 0.417 e. The van der Waals surface area contributed by atoms with Crippen molar-refractivity contribution in [2.24, 2.45) is 0 Å². The third kappa shape index (κ3) is 8.92. The van der Waals surface area contributed by atoms with Gasteiger partial charge in [-0.05, 0) is 212 Å².